The van der Waals surface area contributed by atoms with Crippen molar-refractivity contribution >= 4 is 21.8 Å². The third kappa shape index (κ3) is 3.22. The largest absolute Gasteiger partial charge is 0.368 e. The molecule has 1 aliphatic heterocycles. The first-order chi connectivity index (χ1) is 8.15. The van der Waals surface area contributed by atoms with Gasteiger partial charge in [0.25, 0.3) is 0 Å². The summed E-state index contributed by atoms with van der Waals surface area (Å²) < 4.78 is 5.45. The fraction of sp³-hybridized carbons (Fsp3) is 0.923. The van der Waals surface area contributed by atoms with Crippen LogP contribution in [-0.2, 0) is 9.53 Å². The van der Waals surface area contributed by atoms with E-state index in [9.17, 15) is 4.79 Å². The lowest BCUT2D eigenvalue weighted by Crippen LogP contribution is -2.55. The van der Waals surface area contributed by atoms with Gasteiger partial charge in [-0.2, -0.15) is 0 Å². The first-order valence-electron chi connectivity index (χ1n) is 6.65. The van der Waals surface area contributed by atoms with Crippen molar-refractivity contribution in [2.75, 3.05) is 11.9 Å². The van der Waals surface area contributed by atoms with Crippen LogP contribution < -0.4 is 5.32 Å². The molecule has 0 spiro atoms. The topological polar surface area (TPSA) is 38.3 Å². The average Bonchev–Trinajstić information content (AvgIpc) is 2.82. The quantitative estimate of drug-likeness (QED) is 0.814. The molecule has 0 radical (unpaired) electrons. The molecule has 1 amide bonds. The lowest BCUT2D eigenvalue weighted by molar-refractivity contribution is -0.132. The number of carbonyl (C=O) groups is 1. The third-order valence-electron chi connectivity index (χ3n) is 3.96. The first-order valence-corrected chi connectivity index (χ1v) is 7.77. The molecule has 2 aliphatic rings. The van der Waals surface area contributed by atoms with Crippen molar-refractivity contribution in [3.63, 3.8) is 0 Å². The predicted molar refractivity (Wildman–Crippen MR) is 71.3 cm³/mol. The molecule has 0 aromatic rings. The van der Waals surface area contributed by atoms with Gasteiger partial charge in [-0.15, -0.1) is 0 Å². The molecule has 1 saturated heterocycles. The highest BCUT2D eigenvalue weighted by molar-refractivity contribution is 9.09. The maximum absolute atomic E-state index is 12.1. The fourth-order valence-electron chi connectivity index (χ4n) is 3.05. The molecule has 3 unspecified atom stereocenters. The van der Waals surface area contributed by atoms with Gasteiger partial charge in [-0.25, -0.2) is 0 Å². The molecule has 4 heteroatoms. The summed E-state index contributed by atoms with van der Waals surface area (Å²) in [6.45, 7) is 3.00. The molecular weight excluding hydrogens is 282 g/mol. The molecule has 0 bridgehead atoms. The number of rotatable bonds is 3. The maximum atomic E-state index is 12.1. The molecule has 2 rings (SSSR count). The number of ether oxygens (including phenoxy) is 1. The van der Waals surface area contributed by atoms with Crippen molar-refractivity contribution in [2.24, 2.45) is 5.92 Å². The molecule has 1 saturated carbocycles. The molecule has 98 valence electrons. The molecule has 3 atom stereocenters. The molecule has 0 aromatic carbocycles. The van der Waals surface area contributed by atoms with Gasteiger partial charge in [-0.1, -0.05) is 35.7 Å². The van der Waals surface area contributed by atoms with E-state index >= 15 is 0 Å². The van der Waals surface area contributed by atoms with Crippen LogP contribution in [0.15, 0.2) is 0 Å². The van der Waals surface area contributed by atoms with Crippen molar-refractivity contribution < 1.29 is 9.53 Å². The van der Waals surface area contributed by atoms with Crippen LogP contribution in [0, 0.1) is 5.92 Å². The lowest BCUT2D eigenvalue weighted by atomic mass is 9.77. The van der Waals surface area contributed by atoms with Crippen molar-refractivity contribution in [2.45, 2.75) is 57.1 Å². The second-order valence-electron chi connectivity index (χ2n) is 5.61. The highest BCUT2D eigenvalue weighted by Crippen LogP contribution is 2.34. The van der Waals surface area contributed by atoms with E-state index in [2.05, 4.69) is 28.2 Å². The van der Waals surface area contributed by atoms with Gasteiger partial charge < -0.3 is 10.1 Å². The summed E-state index contributed by atoms with van der Waals surface area (Å²) in [6, 6.07) is 0. The first kappa shape index (κ1) is 13.3. The normalized spacial score (nSPS) is 38.0. The SMILES string of the molecule is CC1CCCC(CBr)(NC(=O)C2CCCO2)C1. The Bertz CT molecular complexity index is 279. The van der Waals surface area contributed by atoms with E-state index in [1.807, 2.05) is 0 Å². The molecule has 1 N–H and O–H groups in total. The number of hydrogen-bond donors (Lipinski definition) is 1. The van der Waals surface area contributed by atoms with Crippen molar-refractivity contribution in [3.05, 3.63) is 0 Å². The second kappa shape index (κ2) is 5.70. The van der Waals surface area contributed by atoms with E-state index in [1.165, 1.54) is 12.8 Å². The Labute approximate surface area is 112 Å². The summed E-state index contributed by atoms with van der Waals surface area (Å²) in [4.78, 5) is 12.1. The summed E-state index contributed by atoms with van der Waals surface area (Å²) in [5, 5.41) is 4.09. The minimum Gasteiger partial charge on any atom is -0.368 e. The Morgan fingerprint density at radius 2 is 2.29 bits per heavy atom. The summed E-state index contributed by atoms with van der Waals surface area (Å²) in [6.07, 6.45) is 6.33. The summed E-state index contributed by atoms with van der Waals surface area (Å²) >= 11 is 3.58. The fourth-order valence-corrected chi connectivity index (χ4v) is 3.70. The average molecular weight is 304 g/mol. The Balaban J connectivity index is 1.95. The van der Waals surface area contributed by atoms with Gasteiger partial charge in [-0.3, -0.25) is 4.79 Å². The minimum atomic E-state index is -0.205. The van der Waals surface area contributed by atoms with Crippen LogP contribution in [-0.4, -0.2) is 29.5 Å². The maximum Gasteiger partial charge on any atom is 0.249 e. The molecular formula is C13H22BrNO2. The summed E-state index contributed by atoms with van der Waals surface area (Å²) in [7, 11) is 0. The van der Waals surface area contributed by atoms with Crippen molar-refractivity contribution in [1.29, 1.82) is 0 Å². The summed E-state index contributed by atoms with van der Waals surface area (Å²) in [5.74, 6) is 0.794. The minimum absolute atomic E-state index is 0.0410. The van der Waals surface area contributed by atoms with Crippen LogP contribution in [0.2, 0.25) is 0 Å². The van der Waals surface area contributed by atoms with Gasteiger partial charge in [0, 0.05) is 11.9 Å². The smallest absolute Gasteiger partial charge is 0.249 e. The molecule has 2 fully saturated rings. The van der Waals surface area contributed by atoms with E-state index in [0.717, 1.165) is 37.6 Å². The van der Waals surface area contributed by atoms with Crippen LogP contribution in [0.3, 0.4) is 0 Å². The standard InChI is InChI=1S/C13H22BrNO2/c1-10-4-2-6-13(8-10,9-14)15-12(16)11-5-3-7-17-11/h10-11H,2-9H2,1H3,(H,15,16). The van der Waals surface area contributed by atoms with Crippen LogP contribution in [0.1, 0.15) is 45.4 Å². The second-order valence-corrected chi connectivity index (χ2v) is 6.17. The Kier molecular flexibility index (Phi) is 4.47. The Hall–Kier alpha value is -0.0900. The van der Waals surface area contributed by atoms with E-state index < -0.39 is 0 Å². The number of amides is 1. The third-order valence-corrected chi connectivity index (χ3v) is 5.03. The zero-order chi connectivity index (χ0) is 12.3. The molecule has 0 aromatic heterocycles. The predicted octanol–water partition coefficient (Wildman–Crippen LogP) is 2.63. The van der Waals surface area contributed by atoms with Crippen molar-refractivity contribution in [3.8, 4) is 0 Å². The highest BCUT2D eigenvalue weighted by Gasteiger charge is 2.37. The zero-order valence-electron chi connectivity index (χ0n) is 10.5. The molecule has 1 heterocycles. The van der Waals surface area contributed by atoms with E-state index in [4.69, 9.17) is 4.74 Å². The van der Waals surface area contributed by atoms with Gasteiger partial charge in [0.1, 0.15) is 6.10 Å². The number of hydrogen-bond acceptors (Lipinski definition) is 2. The Morgan fingerprint density at radius 1 is 1.47 bits per heavy atom. The molecule has 1 aliphatic carbocycles. The lowest BCUT2D eigenvalue weighted by Gasteiger charge is -2.40. The monoisotopic (exact) mass is 303 g/mol. The summed E-state index contributed by atoms with van der Waals surface area (Å²) in [5.41, 5.74) is -0.0410. The van der Waals surface area contributed by atoms with E-state index in [-0.39, 0.29) is 17.6 Å². The van der Waals surface area contributed by atoms with Gasteiger partial charge in [-0.05, 0) is 31.6 Å². The van der Waals surface area contributed by atoms with Gasteiger partial charge in [0.05, 0.1) is 5.54 Å². The van der Waals surface area contributed by atoms with Crippen LogP contribution in [0.4, 0.5) is 0 Å². The molecule has 3 nitrogen and oxygen atoms in total. The van der Waals surface area contributed by atoms with Crippen molar-refractivity contribution in [1.82, 2.24) is 5.32 Å². The van der Waals surface area contributed by atoms with E-state index in [1.54, 1.807) is 0 Å². The van der Waals surface area contributed by atoms with Crippen LogP contribution >= 0.6 is 15.9 Å². The number of alkyl halides is 1. The van der Waals surface area contributed by atoms with Crippen LogP contribution in [0.5, 0.6) is 0 Å². The van der Waals surface area contributed by atoms with Gasteiger partial charge in [0.2, 0.25) is 5.91 Å². The number of carbonyl (C=O) groups excluding carboxylic acids is 1. The zero-order valence-corrected chi connectivity index (χ0v) is 12.1. The van der Waals surface area contributed by atoms with Gasteiger partial charge >= 0.3 is 0 Å². The molecule has 17 heavy (non-hydrogen) atoms. The van der Waals surface area contributed by atoms with Crippen LogP contribution in [0.25, 0.3) is 0 Å². The van der Waals surface area contributed by atoms with E-state index in [0.29, 0.717) is 5.92 Å². The van der Waals surface area contributed by atoms with Gasteiger partial charge in [0.15, 0.2) is 0 Å². The highest BCUT2D eigenvalue weighted by atomic mass is 79.9. The Morgan fingerprint density at radius 3 is 2.88 bits per heavy atom. The number of nitrogens with one attached hydrogen (secondary N) is 1. The number of halogens is 1.